The Morgan fingerprint density at radius 1 is 1.21 bits per heavy atom. The topological polar surface area (TPSA) is 66.8 Å². The molecule has 0 radical (unpaired) electrons. The number of carbonyl (C=O) groups excluding carboxylic acids is 1. The van der Waals surface area contributed by atoms with Crippen LogP contribution in [0.2, 0.25) is 0 Å². The van der Waals surface area contributed by atoms with E-state index in [0.717, 1.165) is 27.9 Å². The Hall–Kier alpha value is -3.48. The zero-order chi connectivity index (χ0) is 19.7. The standard InChI is InChI=1S/C21H20FN5O/c1-14(27-13-23-18-5-3-4-6-19(18)27)21(28)26(2)12-16-11-24-25-20(16)15-7-9-17(22)10-8-15/h3-11,13-14H,12H2,1-2H3,(H,24,25)/t14-/m1/s1. The highest BCUT2D eigenvalue weighted by Gasteiger charge is 2.22. The number of benzene rings is 2. The quantitative estimate of drug-likeness (QED) is 0.575. The summed E-state index contributed by atoms with van der Waals surface area (Å²) in [6, 6.07) is 13.5. The van der Waals surface area contributed by atoms with Gasteiger partial charge in [0, 0.05) is 24.7 Å². The van der Waals surface area contributed by atoms with E-state index in [4.69, 9.17) is 0 Å². The number of carbonyl (C=O) groups is 1. The van der Waals surface area contributed by atoms with E-state index < -0.39 is 6.04 Å². The summed E-state index contributed by atoms with van der Waals surface area (Å²) in [5.74, 6) is -0.326. The SMILES string of the molecule is C[C@H](C(=O)N(C)Cc1cn[nH]c1-c1ccc(F)cc1)n1cnc2ccccc21. The lowest BCUT2D eigenvalue weighted by Gasteiger charge is -2.22. The number of H-pyrrole nitrogens is 1. The lowest BCUT2D eigenvalue weighted by Crippen LogP contribution is -2.32. The van der Waals surface area contributed by atoms with E-state index in [1.807, 2.05) is 35.8 Å². The molecular weight excluding hydrogens is 357 g/mol. The van der Waals surface area contributed by atoms with E-state index in [9.17, 15) is 9.18 Å². The fourth-order valence-electron chi connectivity index (χ4n) is 3.36. The second-order valence-electron chi connectivity index (χ2n) is 6.79. The van der Waals surface area contributed by atoms with Gasteiger partial charge in [-0.25, -0.2) is 9.37 Å². The monoisotopic (exact) mass is 377 g/mol. The van der Waals surface area contributed by atoms with Crippen LogP contribution in [0.15, 0.2) is 61.1 Å². The van der Waals surface area contributed by atoms with Crippen molar-refractivity contribution in [3.63, 3.8) is 0 Å². The maximum Gasteiger partial charge on any atom is 0.245 e. The minimum Gasteiger partial charge on any atom is -0.339 e. The second-order valence-corrected chi connectivity index (χ2v) is 6.79. The van der Waals surface area contributed by atoms with Crippen LogP contribution in [0, 0.1) is 5.82 Å². The second kappa shape index (κ2) is 7.26. The zero-order valence-corrected chi connectivity index (χ0v) is 15.6. The van der Waals surface area contributed by atoms with Gasteiger partial charge in [-0.3, -0.25) is 9.89 Å². The molecular formula is C21H20FN5O. The number of halogens is 1. The molecule has 0 aliphatic carbocycles. The molecule has 0 unspecified atom stereocenters. The van der Waals surface area contributed by atoms with Gasteiger partial charge in [0.2, 0.25) is 5.91 Å². The number of hydrogen-bond donors (Lipinski definition) is 1. The van der Waals surface area contributed by atoms with Gasteiger partial charge in [-0.2, -0.15) is 5.10 Å². The smallest absolute Gasteiger partial charge is 0.245 e. The molecule has 4 aromatic rings. The van der Waals surface area contributed by atoms with Crippen molar-refractivity contribution < 1.29 is 9.18 Å². The Bertz CT molecular complexity index is 1120. The molecule has 28 heavy (non-hydrogen) atoms. The van der Waals surface area contributed by atoms with Crippen LogP contribution >= 0.6 is 0 Å². The summed E-state index contributed by atoms with van der Waals surface area (Å²) < 4.78 is 15.1. The van der Waals surface area contributed by atoms with Gasteiger partial charge in [-0.05, 0) is 43.3 Å². The molecule has 7 heteroatoms. The van der Waals surface area contributed by atoms with Gasteiger partial charge in [0.25, 0.3) is 0 Å². The fourth-order valence-corrected chi connectivity index (χ4v) is 3.36. The van der Waals surface area contributed by atoms with Crippen LogP contribution in [0.3, 0.4) is 0 Å². The summed E-state index contributed by atoms with van der Waals surface area (Å²) in [6.07, 6.45) is 3.39. The highest BCUT2D eigenvalue weighted by atomic mass is 19.1. The number of nitrogens with zero attached hydrogens (tertiary/aromatic N) is 4. The van der Waals surface area contributed by atoms with Crippen LogP contribution in [-0.4, -0.2) is 37.6 Å². The van der Waals surface area contributed by atoms with E-state index in [-0.39, 0.29) is 11.7 Å². The van der Waals surface area contributed by atoms with Crippen molar-refractivity contribution in [3.05, 3.63) is 72.4 Å². The van der Waals surface area contributed by atoms with Crippen LogP contribution in [-0.2, 0) is 11.3 Å². The highest BCUT2D eigenvalue weighted by Crippen LogP contribution is 2.24. The van der Waals surface area contributed by atoms with Gasteiger partial charge in [0.05, 0.1) is 29.3 Å². The fraction of sp³-hybridized carbons (Fsp3) is 0.190. The maximum atomic E-state index is 13.2. The Morgan fingerprint density at radius 2 is 1.96 bits per heavy atom. The molecule has 0 bridgehead atoms. The van der Waals surface area contributed by atoms with Gasteiger partial charge in [0.15, 0.2) is 0 Å². The first-order valence-electron chi connectivity index (χ1n) is 8.99. The van der Waals surface area contributed by atoms with Crippen LogP contribution in [0.1, 0.15) is 18.5 Å². The van der Waals surface area contributed by atoms with Crippen LogP contribution in [0.4, 0.5) is 4.39 Å². The molecule has 2 aromatic carbocycles. The minimum atomic E-state index is -0.390. The summed E-state index contributed by atoms with van der Waals surface area (Å²) in [6.45, 7) is 2.25. The molecule has 4 rings (SSSR count). The van der Waals surface area contributed by atoms with Crippen molar-refractivity contribution >= 4 is 16.9 Å². The molecule has 0 aliphatic heterocycles. The molecule has 0 fully saturated rings. The molecule has 142 valence electrons. The summed E-state index contributed by atoms with van der Waals surface area (Å²) in [7, 11) is 1.76. The first kappa shape index (κ1) is 17.9. The highest BCUT2D eigenvalue weighted by molar-refractivity contribution is 5.83. The van der Waals surface area contributed by atoms with E-state index in [1.165, 1.54) is 12.1 Å². The number of fused-ring (bicyclic) bond motifs is 1. The molecule has 1 atom stereocenters. The lowest BCUT2D eigenvalue weighted by molar-refractivity contribution is -0.133. The Labute approximate surface area is 161 Å². The Kier molecular flexibility index (Phi) is 4.65. The summed E-state index contributed by atoms with van der Waals surface area (Å²) in [5.41, 5.74) is 4.25. The van der Waals surface area contributed by atoms with Crippen LogP contribution < -0.4 is 0 Å². The lowest BCUT2D eigenvalue weighted by atomic mass is 10.1. The number of amides is 1. The molecule has 6 nitrogen and oxygen atoms in total. The van der Waals surface area contributed by atoms with Gasteiger partial charge < -0.3 is 9.47 Å². The molecule has 2 heterocycles. The largest absolute Gasteiger partial charge is 0.339 e. The number of likely N-dealkylation sites (N-methyl/N-ethyl adjacent to an activating group) is 1. The normalized spacial score (nSPS) is 12.2. The van der Waals surface area contributed by atoms with Crippen molar-refractivity contribution in [2.24, 2.45) is 0 Å². The maximum absolute atomic E-state index is 13.2. The van der Waals surface area contributed by atoms with Crippen LogP contribution in [0.25, 0.3) is 22.3 Å². The first-order valence-corrected chi connectivity index (χ1v) is 8.99. The third kappa shape index (κ3) is 3.26. The Morgan fingerprint density at radius 3 is 2.75 bits per heavy atom. The van der Waals surface area contributed by atoms with E-state index in [0.29, 0.717) is 6.54 Å². The molecule has 0 aliphatic rings. The molecule has 0 saturated heterocycles. The minimum absolute atomic E-state index is 0.0330. The van der Waals surface area contributed by atoms with Gasteiger partial charge in [-0.1, -0.05) is 12.1 Å². The van der Waals surface area contributed by atoms with Crippen molar-refractivity contribution in [1.82, 2.24) is 24.6 Å². The average molecular weight is 377 g/mol. The van der Waals surface area contributed by atoms with Crippen molar-refractivity contribution in [3.8, 4) is 11.3 Å². The number of aromatic nitrogens is 4. The van der Waals surface area contributed by atoms with Crippen molar-refractivity contribution in [1.29, 1.82) is 0 Å². The van der Waals surface area contributed by atoms with E-state index in [2.05, 4.69) is 15.2 Å². The van der Waals surface area contributed by atoms with Gasteiger partial charge in [0.1, 0.15) is 11.9 Å². The predicted octanol–water partition coefficient (Wildman–Crippen LogP) is 3.79. The number of nitrogens with one attached hydrogen (secondary N) is 1. The van der Waals surface area contributed by atoms with Crippen molar-refractivity contribution in [2.45, 2.75) is 19.5 Å². The third-order valence-corrected chi connectivity index (χ3v) is 4.89. The number of imidazole rings is 1. The molecule has 2 aromatic heterocycles. The Balaban J connectivity index is 1.54. The van der Waals surface area contributed by atoms with Crippen LogP contribution in [0.5, 0.6) is 0 Å². The van der Waals surface area contributed by atoms with Gasteiger partial charge in [-0.15, -0.1) is 0 Å². The number of rotatable bonds is 5. The third-order valence-electron chi connectivity index (χ3n) is 4.89. The van der Waals surface area contributed by atoms with E-state index in [1.54, 1.807) is 36.6 Å². The summed E-state index contributed by atoms with van der Waals surface area (Å²) in [5, 5.41) is 7.04. The summed E-state index contributed by atoms with van der Waals surface area (Å²) in [4.78, 5) is 19.0. The number of hydrogen-bond acceptors (Lipinski definition) is 3. The molecule has 1 N–H and O–H groups in total. The molecule has 0 spiro atoms. The van der Waals surface area contributed by atoms with Gasteiger partial charge >= 0.3 is 0 Å². The van der Waals surface area contributed by atoms with E-state index >= 15 is 0 Å². The average Bonchev–Trinajstić information content (AvgIpc) is 3.34. The predicted molar refractivity (Wildman–Crippen MR) is 105 cm³/mol. The number of para-hydroxylation sites is 2. The zero-order valence-electron chi connectivity index (χ0n) is 15.6. The number of aromatic amines is 1. The molecule has 1 amide bonds. The van der Waals surface area contributed by atoms with Crippen molar-refractivity contribution in [2.75, 3.05) is 7.05 Å². The first-order chi connectivity index (χ1) is 13.5. The summed E-state index contributed by atoms with van der Waals surface area (Å²) >= 11 is 0. The molecule has 0 saturated carbocycles.